The van der Waals surface area contributed by atoms with Gasteiger partial charge in [-0.2, -0.15) is 0 Å². The minimum atomic E-state index is -0.817. The van der Waals surface area contributed by atoms with Gasteiger partial charge in [-0.1, -0.05) is 13.8 Å². The fraction of sp³-hybridized carbons (Fsp3) is 0.833. The van der Waals surface area contributed by atoms with Crippen molar-refractivity contribution in [1.82, 2.24) is 5.32 Å². The van der Waals surface area contributed by atoms with E-state index in [9.17, 15) is 14.7 Å². The highest BCUT2D eigenvalue weighted by atomic mass is 16.4. The number of rotatable bonds is 5. The summed E-state index contributed by atoms with van der Waals surface area (Å²) >= 11 is 0. The van der Waals surface area contributed by atoms with E-state index in [-0.39, 0.29) is 30.2 Å². The molecule has 0 aromatic rings. The molecule has 5 heteroatoms. The van der Waals surface area contributed by atoms with E-state index in [1.807, 2.05) is 13.8 Å². The van der Waals surface area contributed by atoms with Crippen molar-refractivity contribution in [3.05, 3.63) is 0 Å². The van der Waals surface area contributed by atoms with Gasteiger partial charge in [0, 0.05) is 12.5 Å². The highest BCUT2D eigenvalue weighted by Gasteiger charge is 2.33. The Bertz CT molecular complexity index is 290. The molecule has 0 bridgehead atoms. The predicted octanol–water partition coefficient (Wildman–Crippen LogP) is 0.620. The van der Waals surface area contributed by atoms with Gasteiger partial charge in [-0.05, 0) is 25.2 Å². The number of carboxylic acids is 1. The van der Waals surface area contributed by atoms with Crippen molar-refractivity contribution >= 4 is 11.9 Å². The van der Waals surface area contributed by atoms with Crippen molar-refractivity contribution in [2.24, 2.45) is 17.8 Å². The van der Waals surface area contributed by atoms with Gasteiger partial charge < -0.3 is 15.5 Å². The van der Waals surface area contributed by atoms with E-state index in [0.29, 0.717) is 19.3 Å². The molecule has 0 aliphatic heterocycles. The maximum absolute atomic E-state index is 11.7. The lowest BCUT2D eigenvalue weighted by atomic mass is 10.0. The standard InChI is InChI=1S/C12H21NO4/c1-7(2)10(14)6-13-11(15)8-3-4-9(5-8)12(16)17/h7-10,14H,3-6H2,1-2H3,(H,13,15)(H,16,17). The van der Waals surface area contributed by atoms with Crippen LogP contribution in [0.1, 0.15) is 33.1 Å². The van der Waals surface area contributed by atoms with Crippen LogP contribution in [0.15, 0.2) is 0 Å². The van der Waals surface area contributed by atoms with Gasteiger partial charge in [0.15, 0.2) is 0 Å². The largest absolute Gasteiger partial charge is 0.481 e. The third kappa shape index (κ3) is 4.00. The summed E-state index contributed by atoms with van der Waals surface area (Å²) in [6.45, 7) is 4.00. The molecule has 1 saturated carbocycles. The molecule has 1 rings (SSSR count). The first-order valence-corrected chi connectivity index (χ1v) is 6.10. The Hall–Kier alpha value is -1.10. The highest BCUT2D eigenvalue weighted by molar-refractivity contribution is 5.80. The van der Waals surface area contributed by atoms with Gasteiger partial charge in [0.1, 0.15) is 0 Å². The summed E-state index contributed by atoms with van der Waals surface area (Å²) in [5.74, 6) is -1.45. The van der Waals surface area contributed by atoms with Crippen LogP contribution in [0.5, 0.6) is 0 Å². The Morgan fingerprint density at radius 1 is 1.29 bits per heavy atom. The lowest BCUT2D eigenvalue weighted by molar-refractivity contribution is -0.141. The second-order valence-corrected chi connectivity index (χ2v) is 5.10. The molecule has 0 heterocycles. The van der Waals surface area contributed by atoms with Gasteiger partial charge in [-0.15, -0.1) is 0 Å². The summed E-state index contributed by atoms with van der Waals surface area (Å²) in [6.07, 6.45) is 1.07. The SMILES string of the molecule is CC(C)C(O)CNC(=O)C1CCC(C(=O)O)C1. The van der Waals surface area contributed by atoms with Crippen LogP contribution in [0.4, 0.5) is 0 Å². The van der Waals surface area contributed by atoms with Crippen LogP contribution < -0.4 is 5.32 Å². The molecule has 3 N–H and O–H groups in total. The van der Waals surface area contributed by atoms with E-state index in [2.05, 4.69) is 5.32 Å². The molecule has 0 radical (unpaired) electrons. The van der Waals surface area contributed by atoms with E-state index in [4.69, 9.17) is 5.11 Å². The fourth-order valence-electron chi connectivity index (χ4n) is 2.03. The van der Waals surface area contributed by atoms with E-state index in [0.717, 1.165) is 0 Å². The summed E-state index contributed by atoms with van der Waals surface area (Å²) < 4.78 is 0. The highest BCUT2D eigenvalue weighted by Crippen LogP contribution is 2.31. The molecule has 98 valence electrons. The average Bonchev–Trinajstić information content (AvgIpc) is 2.74. The molecule has 5 nitrogen and oxygen atoms in total. The molecule has 0 aromatic heterocycles. The van der Waals surface area contributed by atoms with Gasteiger partial charge in [0.05, 0.1) is 12.0 Å². The van der Waals surface area contributed by atoms with Crippen LogP contribution in [0, 0.1) is 17.8 Å². The Kier molecular flexibility index (Phi) is 4.93. The number of carbonyl (C=O) groups is 2. The number of amides is 1. The van der Waals surface area contributed by atoms with Gasteiger partial charge in [-0.25, -0.2) is 0 Å². The molecule has 3 unspecified atom stereocenters. The van der Waals surface area contributed by atoms with E-state index in [1.54, 1.807) is 0 Å². The Balaban J connectivity index is 2.32. The first-order valence-electron chi connectivity index (χ1n) is 6.10. The minimum Gasteiger partial charge on any atom is -0.481 e. The molecular weight excluding hydrogens is 222 g/mol. The third-order valence-electron chi connectivity index (χ3n) is 3.41. The van der Waals surface area contributed by atoms with Crippen LogP contribution >= 0.6 is 0 Å². The smallest absolute Gasteiger partial charge is 0.306 e. The van der Waals surface area contributed by atoms with Crippen molar-refractivity contribution in [2.75, 3.05) is 6.54 Å². The van der Waals surface area contributed by atoms with Gasteiger partial charge >= 0.3 is 5.97 Å². The second-order valence-electron chi connectivity index (χ2n) is 5.10. The van der Waals surface area contributed by atoms with E-state index in [1.165, 1.54) is 0 Å². The van der Waals surface area contributed by atoms with Crippen LogP contribution in [-0.2, 0) is 9.59 Å². The zero-order valence-electron chi connectivity index (χ0n) is 10.3. The average molecular weight is 243 g/mol. The summed E-state index contributed by atoms with van der Waals surface area (Å²) in [5, 5.41) is 21.1. The normalized spacial score (nSPS) is 25.9. The number of carbonyl (C=O) groups excluding carboxylic acids is 1. The second kappa shape index (κ2) is 6.00. The van der Waals surface area contributed by atoms with Crippen LogP contribution in [0.2, 0.25) is 0 Å². The number of hydrogen-bond donors (Lipinski definition) is 3. The van der Waals surface area contributed by atoms with E-state index >= 15 is 0 Å². The lowest BCUT2D eigenvalue weighted by Crippen LogP contribution is -2.37. The monoisotopic (exact) mass is 243 g/mol. The number of aliphatic carboxylic acids is 1. The van der Waals surface area contributed by atoms with Gasteiger partial charge in [0.25, 0.3) is 0 Å². The van der Waals surface area contributed by atoms with Crippen molar-refractivity contribution in [1.29, 1.82) is 0 Å². The van der Waals surface area contributed by atoms with Crippen LogP contribution in [0.3, 0.4) is 0 Å². The van der Waals surface area contributed by atoms with Crippen LogP contribution in [-0.4, -0.2) is 34.7 Å². The number of aliphatic hydroxyl groups excluding tert-OH is 1. The molecule has 1 fully saturated rings. The summed E-state index contributed by atoms with van der Waals surface area (Å²) in [6, 6.07) is 0. The van der Waals surface area contributed by atoms with Gasteiger partial charge in [0.2, 0.25) is 5.91 Å². The van der Waals surface area contributed by atoms with Crippen molar-refractivity contribution in [3.63, 3.8) is 0 Å². The van der Waals surface area contributed by atoms with Crippen molar-refractivity contribution in [2.45, 2.75) is 39.2 Å². The lowest BCUT2D eigenvalue weighted by Gasteiger charge is -2.17. The predicted molar refractivity (Wildman–Crippen MR) is 62.3 cm³/mol. The zero-order valence-corrected chi connectivity index (χ0v) is 10.3. The topological polar surface area (TPSA) is 86.6 Å². The molecule has 0 saturated heterocycles. The molecule has 3 atom stereocenters. The summed E-state index contributed by atoms with van der Waals surface area (Å²) in [7, 11) is 0. The van der Waals surface area contributed by atoms with E-state index < -0.39 is 12.1 Å². The molecule has 1 aliphatic carbocycles. The molecule has 17 heavy (non-hydrogen) atoms. The molecule has 0 spiro atoms. The summed E-state index contributed by atoms with van der Waals surface area (Å²) in [5.41, 5.74) is 0. The first kappa shape index (κ1) is 14.0. The Labute approximate surface area is 101 Å². The zero-order chi connectivity index (χ0) is 13.0. The Morgan fingerprint density at radius 3 is 2.35 bits per heavy atom. The number of aliphatic hydroxyl groups is 1. The van der Waals surface area contributed by atoms with Crippen LogP contribution in [0.25, 0.3) is 0 Å². The molecular formula is C12H21NO4. The maximum Gasteiger partial charge on any atom is 0.306 e. The molecule has 1 aliphatic rings. The number of hydrogen-bond acceptors (Lipinski definition) is 3. The fourth-order valence-corrected chi connectivity index (χ4v) is 2.03. The minimum absolute atomic E-state index is 0.102. The Morgan fingerprint density at radius 2 is 1.88 bits per heavy atom. The molecule has 1 amide bonds. The molecule has 0 aromatic carbocycles. The first-order chi connectivity index (χ1) is 7.91. The number of nitrogens with one attached hydrogen (secondary N) is 1. The maximum atomic E-state index is 11.7. The quantitative estimate of drug-likeness (QED) is 0.660. The number of carboxylic acid groups (broad SMARTS) is 1. The van der Waals surface area contributed by atoms with Crippen molar-refractivity contribution < 1.29 is 19.8 Å². The van der Waals surface area contributed by atoms with Crippen molar-refractivity contribution in [3.8, 4) is 0 Å². The summed E-state index contributed by atoms with van der Waals surface area (Å²) in [4.78, 5) is 22.5. The van der Waals surface area contributed by atoms with Gasteiger partial charge in [-0.3, -0.25) is 9.59 Å². The third-order valence-corrected chi connectivity index (χ3v) is 3.41.